The molecule has 1 atom stereocenters. The summed E-state index contributed by atoms with van der Waals surface area (Å²) < 4.78 is 0. The summed E-state index contributed by atoms with van der Waals surface area (Å²) in [5.74, 6) is 0.785. The van der Waals surface area contributed by atoms with Gasteiger partial charge in [-0.05, 0) is 0 Å². The fourth-order valence-electron chi connectivity index (χ4n) is 1.98. The van der Waals surface area contributed by atoms with Gasteiger partial charge in [-0.15, -0.1) is 0 Å². The predicted octanol–water partition coefficient (Wildman–Crippen LogP) is 1.69. The molecular weight excluding hydrogens is 162 g/mol. The van der Waals surface area contributed by atoms with E-state index in [0.29, 0.717) is 6.04 Å². The van der Waals surface area contributed by atoms with Crippen LogP contribution in [0.5, 0.6) is 0 Å². The molecule has 1 heterocycles. The molecule has 0 aromatic rings. The highest BCUT2D eigenvalue weighted by molar-refractivity contribution is 4.88. The van der Waals surface area contributed by atoms with Crippen molar-refractivity contribution in [1.29, 1.82) is 0 Å². The van der Waals surface area contributed by atoms with Crippen molar-refractivity contribution >= 4 is 0 Å². The largest absolute Gasteiger partial charge is 0.390 e. The molecule has 13 heavy (non-hydrogen) atoms. The van der Waals surface area contributed by atoms with Crippen LogP contribution in [0.4, 0.5) is 0 Å². The van der Waals surface area contributed by atoms with Gasteiger partial charge in [-0.2, -0.15) is 0 Å². The molecule has 0 radical (unpaired) electrons. The Hall–Kier alpha value is -0.120. The van der Waals surface area contributed by atoms with E-state index in [4.69, 9.17) is 0 Å². The lowest BCUT2D eigenvalue weighted by Crippen LogP contribution is -2.38. The third-order valence-corrected chi connectivity index (χ3v) is 2.62. The Bertz CT molecular complexity index is 132. The van der Waals surface area contributed by atoms with E-state index in [9.17, 15) is 0 Å². The van der Waals surface area contributed by atoms with Crippen LogP contribution in [-0.4, -0.2) is 18.2 Å². The zero-order valence-electron chi connectivity index (χ0n) is 9.01. The smallest absolute Gasteiger partial charge is 0.0145 e. The number of nitrogens with zero attached hydrogens (tertiary/aromatic N) is 1. The molecule has 0 amide bonds. The molecular formula is C10H22N3-. The van der Waals surface area contributed by atoms with Crippen LogP contribution in [-0.2, 0) is 0 Å². The maximum absolute atomic E-state index is 3.39. The van der Waals surface area contributed by atoms with E-state index in [1.165, 1.54) is 25.7 Å². The second kappa shape index (κ2) is 5.58. The van der Waals surface area contributed by atoms with Crippen molar-refractivity contribution in [3.05, 3.63) is 6.54 Å². The maximum atomic E-state index is 3.39. The van der Waals surface area contributed by atoms with Crippen molar-refractivity contribution in [2.45, 2.75) is 45.6 Å². The average Bonchev–Trinajstić information content (AvgIpc) is 2.51. The minimum absolute atomic E-state index is 0.518. The molecule has 1 rings (SSSR count). The minimum Gasteiger partial charge on any atom is -0.390 e. The Labute approximate surface area is 81.8 Å². The van der Waals surface area contributed by atoms with Crippen LogP contribution in [0.3, 0.4) is 0 Å². The molecule has 0 saturated carbocycles. The van der Waals surface area contributed by atoms with Crippen LogP contribution in [0.25, 0.3) is 0 Å². The monoisotopic (exact) mass is 184 g/mol. The van der Waals surface area contributed by atoms with Gasteiger partial charge in [0.1, 0.15) is 0 Å². The molecule has 1 unspecified atom stereocenters. The summed E-state index contributed by atoms with van der Waals surface area (Å²) in [6, 6.07) is 0.518. The van der Waals surface area contributed by atoms with Crippen molar-refractivity contribution in [1.82, 2.24) is 16.0 Å². The van der Waals surface area contributed by atoms with E-state index in [-0.39, 0.29) is 0 Å². The van der Waals surface area contributed by atoms with Crippen LogP contribution in [0.15, 0.2) is 0 Å². The van der Waals surface area contributed by atoms with Gasteiger partial charge in [0.05, 0.1) is 0 Å². The molecule has 3 heteroatoms. The van der Waals surface area contributed by atoms with Gasteiger partial charge in [0.25, 0.3) is 0 Å². The molecule has 1 saturated heterocycles. The third-order valence-electron chi connectivity index (χ3n) is 2.62. The minimum atomic E-state index is 0.518. The molecule has 0 aromatic heterocycles. The number of hydrogen-bond acceptors (Lipinski definition) is 3. The molecule has 78 valence electrons. The Balaban J connectivity index is 2.35. The Kier molecular flexibility index (Phi) is 4.70. The molecule has 0 aromatic carbocycles. The maximum Gasteiger partial charge on any atom is 0.0145 e. The standard InChI is InChI=1S/C10H22N3/c1-4-6-9(7-5-2)10-8-11-13(3)12-10/h8-12H,4-7H2,1-3H3/q-1. The topological polar surface area (TPSA) is 27.3 Å². The Morgan fingerprint density at radius 3 is 2.31 bits per heavy atom. The molecule has 1 fully saturated rings. The van der Waals surface area contributed by atoms with Gasteiger partial charge in [-0.3, -0.25) is 5.43 Å². The van der Waals surface area contributed by atoms with Gasteiger partial charge >= 0.3 is 0 Å². The molecule has 2 N–H and O–H groups in total. The summed E-state index contributed by atoms with van der Waals surface area (Å²) >= 11 is 0. The van der Waals surface area contributed by atoms with Crippen LogP contribution >= 0.6 is 0 Å². The number of nitrogens with one attached hydrogen (secondary N) is 2. The van der Waals surface area contributed by atoms with Gasteiger partial charge in [0.15, 0.2) is 0 Å². The molecule has 1 aliphatic heterocycles. The molecule has 0 aliphatic carbocycles. The van der Waals surface area contributed by atoms with Crippen molar-refractivity contribution in [3.8, 4) is 0 Å². The van der Waals surface area contributed by atoms with Crippen LogP contribution in [0.2, 0.25) is 0 Å². The normalized spacial score (nSPS) is 24.5. The first-order valence-corrected chi connectivity index (χ1v) is 5.37. The molecule has 0 spiro atoms. The zero-order chi connectivity index (χ0) is 9.68. The van der Waals surface area contributed by atoms with Crippen molar-refractivity contribution in [3.63, 3.8) is 0 Å². The summed E-state index contributed by atoms with van der Waals surface area (Å²) in [6.45, 7) is 6.68. The van der Waals surface area contributed by atoms with Crippen molar-refractivity contribution < 1.29 is 0 Å². The lowest BCUT2D eigenvalue weighted by molar-refractivity contribution is 0.202. The van der Waals surface area contributed by atoms with Crippen LogP contribution < -0.4 is 10.9 Å². The highest BCUT2D eigenvalue weighted by atomic mass is 15.8. The SMILES string of the molecule is CCCC(CCC)C1[CH-]NN(C)N1. The van der Waals surface area contributed by atoms with E-state index in [0.717, 1.165) is 5.92 Å². The number of hydrogen-bond donors (Lipinski definition) is 2. The predicted molar refractivity (Wildman–Crippen MR) is 55.4 cm³/mol. The first kappa shape index (κ1) is 11.0. The fourth-order valence-corrected chi connectivity index (χ4v) is 1.98. The van der Waals surface area contributed by atoms with Gasteiger partial charge in [-0.25, -0.2) is 11.7 Å². The summed E-state index contributed by atoms with van der Waals surface area (Å²) in [5, 5.41) is 1.93. The fraction of sp³-hybridized carbons (Fsp3) is 0.900. The summed E-state index contributed by atoms with van der Waals surface area (Å²) in [4.78, 5) is 0. The molecule has 1 aliphatic rings. The third kappa shape index (κ3) is 3.25. The second-order valence-corrected chi connectivity index (χ2v) is 3.85. The first-order chi connectivity index (χ1) is 6.27. The van der Waals surface area contributed by atoms with Gasteiger partial charge in [0, 0.05) is 7.05 Å². The van der Waals surface area contributed by atoms with Gasteiger partial charge in [0.2, 0.25) is 0 Å². The highest BCUT2D eigenvalue weighted by Crippen LogP contribution is 2.20. The van der Waals surface area contributed by atoms with E-state index < -0.39 is 0 Å². The van der Waals surface area contributed by atoms with Gasteiger partial charge in [-0.1, -0.05) is 51.5 Å². The average molecular weight is 184 g/mol. The van der Waals surface area contributed by atoms with Crippen LogP contribution in [0, 0.1) is 12.5 Å². The Morgan fingerprint density at radius 2 is 1.92 bits per heavy atom. The van der Waals surface area contributed by atoms with Gasteiger partial charge < -0.3 is 5.43 Å². The molecule has 0 bridgehead atoms. The Morgan fingerprint density at radius 1 is 1.31 bits per heavy atom. The molecule has 3 nitrogen and oxygen atoms in total. The quantitative estimate of drug-likeness (QED) is 0.637. The summed E-state index contributed by atoms with van der Waals surface area (Å²) in [6.07, 6.45) is 5.19. The van der Waals surface area contributed by atoms with E-state index >= 15 is 0 Å². The van der Waals surface area contributed by atoms with Crippen molar-refractivity contribution in [2.24, 2.45) is 5.92 Å². The second-order valence-electron chi connectivity index (χ2n) is 3.85. The van der Waals surface area contributed by atoms with Crippen molar-refractivity contribution in [2.75, 3.05) is 7.05 Å². The highest BCUT2D eigenvalue weighted by Gasteiger charge is 2.17. The van der Waals surface area contributed by atoms with Crippen LogP contribution in [0.1, 0.15) is 39.5 Å². The zero-order valence-corrected chi connectivity index (χ0v) is 9.01. The van der Waals surface area contributed by atoms with E-state index in [1.807, 2.05) is 12.2 Å². The lowest BCUT2D eigenvalue weighted by Gasteiger charge is -2.28. The van der Waals surface area contributed by atoms with E-state index in [1.54, 1.807) is 0 Å². The summed E-state index contributed by atoms with van der Waals surface area (Å²) in [7, 11) is 2.01. The summed E-state index contributed by atoms with van der Waals surface area (Å²) in [5.41, 5.74) is 6.55. The lowest BCUT2D eigenvalue weighted by atomic mass is 9.91. The number of hydrazine groups is 2. The van der Waals surface area contributed by atoms with E-state index in [2.05, 4.69) is 31.2 Å². The number of rotatable bonds is 5. The first-order valence-electron chi connectivity index (χ1n) is 5.37.